The van der Waals surface area contributed by atoms with Gasteiger partial charge in [0.1, 0.15) is 11.5 Å². The molecule has 1 aromatic heterocycles. The maximum absolute atomic E-state index is 12.6. The van der Waals surface area contributed by atoms with Crippen LogP contribution in [0.5, 0.6) is 11.5 Å². The molecular formula is C20H18N4O6. The molecule has 0 unspecified atom stereocenters. The fourth-order valence-corrected chi connectivity index (χ4v) is 3.00. The summed E-state index contributed by atoms with van der Waals surface area (Å²) in [5.41, 5.74) is 1.23. The highest BCUT2D eigenvalue weighted by molar-refractivity contribution is 6.10. The van der Waals surface area contributed by atoms with E-state index in [1.165, 1.54) is 19.2 Å². The third-order valence-corrected chi connectivity index (χ3v) is 4.18. The molecule has 10 nitrogen and oxygen atoms in total. The van der Waals surface area contributed by atoms with E-state index in [1.54, 1.807) is 12.1 Å². The highest BCUT2D eigenvalue weighted by Gasteiger charge is 2.22. The number of benzene rings is 2. The minimum Gasteiger partial charge on any atom is -0.477 e. The summed E-state index contributed by atoms with van der Waals surface area (Å²) in [5, 5.41) is 26.8. The Labute approximate surface area is 170 Å². The number of aromatic nitrogens is 2. The molecule has 3 rings (SSSR count). The van der Waals surface area contributed by atoms with Crippen LogP contribution in [0.1, 0.15) is 32.0 Å². The standard InChI is InChI=1S/C20H18N4O6/c1-11-4-12(2)6-15(5-11)30-16-8-13(7-14(9-16)24(28)29)22-19(25)17-10-21-23(3)18(17)20(26)27/h4-10H,1-3H3,(H,22,25)(H,26,27). The van der Waals surface area contributed by atoms with E-state index >= 15 is 0 Å². The van der Waals surface area contributed by atoms with Crippen LogP contribution in [-0.2, 0) is 7.05 Å². The van der Waals surface area contributed by atoms with Crippen LogP contribution >= 0.6 is 0 Å². The second kappa shape index (κ2) is 8.03. The van der Waals surface area contributed by atoms with Gasteiger partial charge in [0.2, 0.25) is 0 Å². The van der Waals surface area contributed by atoms with E-state index in [2.05, 4.69) is 10.4 Å². The van der Waals surface area contributed by atoms with E-state index in [-0.39, 0.29) is 28.4 Å². The SMILES string of the molecule is Cc1cc(C)cc(Oc2cc(NC(=O)c3cnn(C)c3C(=O)O)cc([N+](=O)[O-])c2)c1. The number of carboxylic acid groups (broad SMARTS) is 1. The molecule has 0 spiro atoms. The summed E-state index contributed by atoms with van der Waals surface area (Å²) >= 11 is 0. The average molecular weight is 410 g/mol. The van der Waals surface area contributed by atoms with Crippen molar-refractivity contribution in [2.45, 2.75) is 13.8 Å². The Morgan fingerprint density at radius 1 is 1.10 bits per heavy atom. The van der Waals surface area contributed by atoms with Crippen molar-refractivity contribution in [2.24, 2.45) is 7.05 Å². The number of nitrogens with one attached hydrogen (secondary N) is 1. The van der Waals surface area contributed by atoms with Crippen LogP contribution in [0, 0.1) is 24.0 Å². The molecule has 0 aliphatic carbocycles. The normalized spacial score (nSPS) is 10.5. The lowest BCUT2D eigenvalue weighted by atomic mass is 10.1. The van der Waals surface area contributed by atoms with Gasteiger partial charge in [0, 0.05) is 19.2 Å². The van der Waals surface area contributed by atoms with E-state index in [0.717, 1.165) is 28.1 Å². The van der Waals surface area contributed by atoms with Gasteiger partial charge in [-0.3, -0.25) is 19.6 Å². The molecule has 0 aliphatic rings. The molecule has 0 atom stereocenters. The second-order valence-electron chi connectivity index (χ2n) is 6.69. The number of anilines is 1. The number of nitro benzene ring substituents is 1. The van der Waals surface area contributed by atoms with E-state index in [4.69, 9.17) is 4.74 Å². The summed E-state index contributed by atoms with van der Waals surface area (Å²) in [5.74, 6) is -1.45. The lowest BCUT2D eigenvalue weighted by Gasteiger charge is -2.10. The number of rotatable bonds is 6. The van der Waals surface area contributed by atoms with Crippen molar-refractivity contribution in [2.75, 3.05) is 5.32 Å². The van der Waals surface area contributed by atoms with Gasteiger partial charge < -0.3 is 15.2 Å². The topological polar surface area (TPSA) is 137 Å². The summed E-state index contributed by atoms with van der Waals surface area (Å²) < 4.78 is 6.81. The summed E-state index contributed by atoms with van der Waals surface area (Å²) in [6.45, 7) is 3.79. The highest BCUT2D eigenvalue weighted by Crippen LogP contribution is 2.31. The fourth-order valence-electron chi connectivity index (χ4n) is 3.00. The predicted molar refractivity (Wildman–Crippen MR) is 107 cm³/mol. The summed E-state index contributed by atoms with van der Waals surface area (Å²) in [7, 11) is 1.39. The zero-order chi connectivity index (χ0) is 22.0. The van der Waals surface area contributed by atoms with Crippen LogP contribution in [0.4, 0.5) is 11.4 Å². The first-order valence-electron chi connectivity index (χ1n) is 8.76. The lowest BCUT2D eigenvalue weighted by Crippen LogP contribution is -2.17. The molecule has 0 radical (unpaired) electrons. The second-order valence-corrected chi connectivity index (χ2v) is 6.69. The smallest absolute Gasteiger partial charge is 0.354 e. The Morgan fingerprint density at radius 3 is 2.33 bits per heavy atom. The average Bonchev–Trinajstić information content (AvgIpc) is 3.02. The Kier molecular flexibility index (Phi) is 5.50. The van der Waals surface area contributed by atoms with Crippen LogP contribution in [0.15, 0.2) is 42.6 Å². The molecule has 0 saturated carbocycles. The van der Waals surface area contributed by atoms with Gasteiger partial charge in [0.25, 0.3) is 11.6 Å². The molecule has 154 valence electrons. The van der Waals surface area contributed by atoms with Crippen molar-refractivity contribution >= 4 is 23.3 Å². The van der Waals surface area contributed by atoms with Crippen molar-refractivity contribution in [3.63, 3.8) is 0 Å². The molecule has 0 aliphatic heterocycles. The van der Waals surface area contributed by atoms with Crippen molar-refractivity contribution in [3.8, 4) is 11.5 Å². The number of carbonyl (C=O) groups excluding carboxylic acids is 1. The Hall–Kier alpha value is -4.21. The first-order chi connectivity index (χ1) is 14.1. The summed E-state index contributed by atoms with van der Waals surface area (Å²) in [6.07, 6.45) is 1.11. The first kappa shape index (κ1) is 20.5. The predicted octanol–water partition coefficient (Wildman–Crippen LogP) is 3.69. The Bertz CT molecular complexity index is 1150. The molecule has 3 aromatic rings. The third kappa shape index (κ3) is 4.43. The van der Waals surface area contributed by atoms with Crippen LogP contribution in [0.25, 0.3) is 0 Å². The molecule has 0 bridgehead atoms. The number of carboxylic acids is 1. The molecule has 30 heavy (non-hydrogen) atoms. The van der Waals surface area contributed by atoms with Gasteiger partial charge in [0.15, 0.2) is 5.69 Å². The van der Waals surface area contributed by atoms with Gasteiger partial charge in [-0.25, -0.2) is 4.79 Å². The van der Waals surface area contributed by atoms with Gasteiger partial charge in [-0.2, -0.15) is 5.10 Å². The van der Waals surface area contributed by atoms with Crippen molar-refractivity contribution in [3.05, 3.63) is 75.1 Å². The fraction of sp³-hybridized carbons (Fsp3) is 0.150. The third-order valence-electron chi connectivity index (χ3n) is 4.18. The molecule has 10 heteroatoms. The molecule has 2 N–H and O–H groups in total. The van der Waals surface area contributed by atoms with E-state index < -0.39 is 16.8 Å². The van der Waals surface area contributed by atoms with Crippen LogP contribution in [0.3, 0.4) is 0 Å². The number of hydrogen-bond donors (Lipinski definition) is 2. The monoisotopic (exact) mass is 410 g/mol. The van der Waals surface area contributed by atoms with Gasteiger partial charge in [-0.15, -0.1) is 0 Å². The zero-order valence-corrected chi connectivity index (χ0v) is 16.4. The number of aromatic carboxylic acids is 1. The van der Waals surface area contributed by atoms with Crippen molar-refractivity contribution in [1.29, 1.82) is 0 Å². The van der Waals surface area contributed by atoms with Crippen LogP contribution < -0.4 is 10.1 Å². The summed E-state index contributed by atoms with van der Waals surface area (Å²) in [4.78, 5) is 34.6. The number of nitrogens with zero attached hydrogens (tertiary/aromatic N) is 3. The maximum atomic E-state index is 12.6. The number of ether oxygens (including phenoxy) is 1. The van der Waals surface area contributed by atoms with Crippen molar-refractivity contribution in [1.82, 2.24) is 9.78 Å². The highest BCUT2D eigenvalue weighted by atomic mass is 16.6. The van der Waals surface area contributed by atoms with E-state index in [1.807, 2.05) is 19.9 Å². The minimum atomic E-state index is -1.32. The molecule has 1 amide bonds. The zero-order valence-electron chi connectivity index (χ0n) is 16.4. The Balaban J connectivity index is 1.94. The molecular weight excluding hydrogens is 392 g/mol. The lowest BCUT2D eigenvalue weighted by molar-refractivity contribution is -0.384. The summed E-state index contributed by atoms with van der Waals surface area (Å²) in [6, 6.07) is 9.32. The van der Waals surface area contributed by atoms with Gasteiger partial charge in [-0.1, -0.05) is 6.07 Å². The molecule has 0 saturated heterocycles. The van der Waals surface area contributed by atoms with E-state index in [0.29, 0.717) is 5.75 Å². The maximum Gasteiger partial charge on any atom is 0.354 e. The number of non-ortho nitro benzene ring substituents is 1. The first-order valence-corrected chi connectivity index (χ1v) is 8.76. The number of amides is 1. The quantitative estimate of drug-likeness (QED) is 0.467. The van der Waals surface area contributed by atoms with Crippen molar-refractivity contribution < 1.29 is 24.4 Å². The van der Waals surface area contributed by atoms with Gasteiger partial charge in [0.05, 0.1) is 28.4 Å². The van der Waals surface area contributed by atoms with Crippen LogP contribution in [0.2, 0.25) is 0 Å². The van der Waals surface area contributed by atoms with Gasteiger partial charge >= 0.3 is 5.97 Å². The number of hydrogen-bond acceptors (Lipinski definition) is 6. The molecule has 1 heterocycles. The number of nitro groups is 1. The van der Waals surface area contributed by atoms with Crippen LogP contribution in [-0.4, -0.2) is 31.7 Å². The number of carbonyl (C=O) groups is 2. The van der Waals surface area contributed by atoms with E-state index in [9.17, 15) is 24.8 Å². The Morgan fingerprint density at radius 2 is 1.73 bits per heavy atom. The molecule has 0 fully saturated rings. The largest absolute Gasteiger partial charge is 0.477 e. The number of aryl methyl sites for hydroxylation is 3. The van der Waals surface area contributed by atoms with Gasteiger partial charge in [-0.05, 0) is 37.1 Å². The minimum absolute atomic E-state index is 0.0776. The molecule has 2 aromatic carbocycles.